The molecule has 0 bridgehead atoms. The Bertz CT molecular complexity index is 1440. The van der Waals surface area contributed by atoms with Crippen LogP contribution in [-0.4, -0.2) is 27.6 Å². The average molecular weight is 476 g/mol. The van der Waals surface area contributed by atoms with Gasteiger partial charge >= 0.3 is 6.18 Å². The molecule has 0 unspecified atom stereocenters. The summed E-state index contributed by atoms with van der Waals surface area (Å²) in [5.41, 5.74) is -0.0372. The third kappa shape index (κ3) is 4.35. The standard InChI is InChI=1S/C26H16F4N4O/c27-19-13-11-17(12-14-19)23-18(16-33(31-23)20-7-3-1-4-8-20)15-22-24(26(28,29)30)32-34(25(22)35)21-9-5-2-6-10-21/h1-16H. The molecule has 0 saturated heterocycles. The fourth-order valence-electron chi connectivity index (χ4n) is 3.69. The van der Waals surface area contributed by atoms with Crippen LogP contribution in [0.3, 0.4) is 0 Å². The highest BCUT2D eigenvalue weighted by Crippen LogP contribution is 2.34. The van der Waals surface area contributed by atoms with Crippen molar-refractivity contribution in [1.29, 1.82) is 0 Å². The summed E-state index contributed by atoms with van der Waals surface area (Å²) in [6.07, 6.45) is -2.22. The van der Waals surface area contributed by atoms with Gasteiger partial charge in [0.05, 0.1) is 22.6 Å². The Hall–Kier alpha value is -4.53. The van der Waals surface area contributed by atoms with Crippen LogP contribution in [0.25, 0.3) is 23.0 Å². The van der Waals surface area contributed by atoms with E-state index >= 15 is 0 Å². The Morgan fingerprint density at radius 3 is 2.00 bits per heavy atom. The van der Waals surface area contributed by atoms with Crippen molar-refractivity contribution in [3.63, 3.8) is 0 Å². The Kier molecular flexibility index (Phi) is 5.52. The van der Waals surface area contributed by atoms with Crippen molar-refractivity contribution < 1.29 is 22.4 Å². The van der Waals surface area contributed by atoms with Crippen LogP contribution in [0.1, 0.15) is 5.56 Å². The van der Waals surface area contributed by atoms with Crippen LogP contribution >= 0.6 is 0 Å². The summed E-state index contributed by atoms with van der Waals surface area (Å²) in [4.78, 5) is 13.1. The molecule has 0 saturated carbocycles. The SMILES string of the molecule is O=C1C(=Cc2cn(-c3ccccc3)nc2-c2ccc(F)cc2)C(C(F)(F)F)=NN1c1ccccc1. The Balaban J connectivity index is 1.66. The normalized spacial score (nSPS) is 15.1. The summed E-state index contributed by atoms with van der Waals surface area (Å²) in [6.45, 7) is 0. The van der Waals surface area contributed by atoms with Gasteiger partial charge in [0.15, 0.2) is 5.71 Å². The number of benzene rings is 3. The number of hydrogen-bond donors (Lipinski definition) is 0. The maximum absolute atomic E-state index is 13.9. The first-order chi connectivity index (χ1) is 16.8. The van der Waals surface area contributed by atoms with Gasteiger partial charge in [0.25, 0.3) is 5.91 Å². The summed E-state index contributed by atoms with van der Waals surface area (Å²) in [7, 11) is 0. The van der Waals surface area contributed by atoms with Crippen molar-refractivity contribution in [2.24, 2.45) is 5.10 Å². The van der Waals surface area contributed by atoms with Gasteiger partial charge in [0.2, 0.25) is 0 Å². The van der Waals surface area contributed by atoms with Gasteiger partial charge in [-0.15, -0.1) is 0 Å². The number of rotatable bonds is 4. The molecule has 0 radical (unpaired) electrons. The molecular weight excluding hydrogens is 460 g/mol. The molecule has 1 aliphatic rings. The minimum Gasteiger partial charge on any atom is -0.267 e. The largest absolute Gasteiger partial charge is 0.435 e. The van der Waals surface area contributed by atoms with Crippen molar-refractivity contribution in [2.75, 3.05) is 5.01 Å². The average Bonchev–Trinajstić information content (AvgIpc) is 3.42. The topological polar surface area (TPSA) is 50.5 Å². The monoisotopic (exact) mass is 476 g/mol. The van der Waals surface area contributed by atoms with Gasteiger partial charge < -0.3 is 0 Å². The highest BCUT2D eigenvalue weighted by atomic mass is 19.4. The molecule has 174 valence electrons. The zero-order chi connectivity index (χ0) is 24.6. The number of carbonyl (C=O) groups is 1. The van der Waals surface area contributed by atoms with Crippen molar-refractivity contribution in [3.8, 4) is 16.9 Å². The van der Waals surface area contributed by atoms with E-state index in [0.717, 1.165) is 11.1 Å². The van der Waals surface area contributed by atoms with Crippen molar-refractivity contribution in [2.45, 2.75) is 6.18 Å². The second-order valence-corrected chi connectivity index (χ2v) is 7.68. The van der Waals surface area contributed by atoms with Crippen LogP contribution in [0.2, 0.25) is 0 Å². The van der Waals surface area contributed by atoms with Crippen LogP contribution < -0.4 is 5.01 Å². The molecule has 4 aromatic rings. The van der Waals surface area contributed by atoms with Gasteiger partial charge in [0, 0.05) is 17.3 Å². The number of hydrogen-bond acceptors (Lipinski definition) is 3. The number of amides is 1. The molecule has 9 heteroatoms. The molecule has 5 rings (SSSR count). The molecule has 1 amide bonds. The van der Waals surface area contributed by atoms with E-state index in [4.69, 9.17) is 0 Å². The van der Waals surface area contributed by atoms with E-state index in [0.29, 0.717) is 11.3 Å². The van der Waals surface area contributed by atoms with Crippen molar-refractivity contribution in [3.05, 3.63) is 108 Å². The first-order valence-electron chi connectivity index (χ1n) is 10.5. The van der Waals surface area contributed by atoms with Gasteiger partial charge in [-0.25, -0.2) is 9.07 Å². The molecule has 35 heavy (non-hydrogen) atoms. The van der Waals surface area contributed by atoms with Crippen molar-refractivity contribution >= 4 is 23.4 Å². The maximum Gasteiger partial charge on any atom is 0.435 e. The van der Waals surface area contributed by atoms with Crippen LogP contribution in [0.15, 0.2) is 102 Å². The van der Waals surface area contributed by atoms with E-state index in [2.05, 4.69) is 10.2 Å². The number of alkyl halides is 3. The van der Waals surface area contributed by atoms with Gasteiger partial charge in [-0.3, -0.25) is 4.79 Å². The van der Waals surface area contributed by atoms with Crippen LogP contribution in [0, 0.1) is 5.82 Å². The van der Waals surface area contributed by atoms with Gasteiger partial charge in [-0.2, -0.15) is 28.4 Å². The first kappa shape index (κ1) is 22.3. The number of aromatic nitrogens is 2. The van der Waals surface area contributed by atoms with E-state index in [1.165, 1.54) is 47.3 Å². The highest BCUT2D eigenvalue weighted by molar-refractivity contribution is 6.34. The van der Waals surface area contributed by atoms with Crippen LogP contribution in [0.4, 0.5) is 23.2 Å². The quantitative estimate of drug-likeness (QED) is 0.267. The third-order valence-corrected chi connectivity index (χ3v) is 5.33. The molecule has 0 aliphatic carbocycles. The molecule has 0 fully saturated rings. The minimum atomic E-state index is -4.86. The summed E-state index contributed by atoms with van der Waals surface area (Å²) in [6, 6.07) is 22.2. The number of carbonyl (C=O) groups excluding carboxylic acids is 1. The fraction of sp³-hybridized carbons (Fsp3) is 0.0385. The van der Waals surface area contributed by atoms with E-state index in [9.17, 15) is 22.4 Å². The molecule has 0 spiro atoms. The molecule has 5 nitrogen and oxygen atoms in total. The van der Waals surface area contributed by atoms with Crippen LogP contribution in [0.5, 0.6) is 0 Å². The lowest BCUT2D eigenvalue weighted by atomic mass is 10.0. The summed E-state index contributed by atoms with van der Waals surface area (Å²) in [5.74, 6) is -1.38. The number of anilines is 1. The van der Waals surface area contributed by atoms with Crippen molar-refractivity contribution in [1.82, 2.24) is 9.78 Å². The van der Waals surface area contributed by atoms with Crippen LogP contribution in [-0.2, 0) is 4.79 Å². The van der Waals surface area contributed by atoms with Gasteiger partial charge in [0.1, 0.15) is 5.82 Å². The lowest BCUT2D eigenvalue weighted by molar-refractivity contribution is -0.114. The summed E-state index contributed by atoms with van der Waals surface area (Å²) >= 11 is 0. The van der Waals surface area contributed by atoms with E-state index in [-0.39, 0.29) is 16.9 Å². The van der Waals surface area contributed by atoms with E-state index < -0.39 is 29.2 Å². The first-order valence-corrected chi connectivity index (χ1v) is 10.5. The van der Waals surface area contributed by atoms with E-state index in [1.54, 1.807) is 42.5 Å². The molecule has 3 aromatic carbocycles. The second kappa shape index (κ2) is 8.68. The fourth-order valence-corrected chi connectivity index (χ4v) is 3.69. The Labute approximate surface area is 197 Å². The smallest absolute Gasteiger partial charge is 0.267 e. The second-order valence-electron chi connectivity index (χ2n) is 7.68. The predicted octanol–water partition coefficient (Wildman–Crippen LogP) is 6.03. The van der Waals surface area contributed by atoms with Gasteiger partial charge in [-0.1, -0.05) is 36.4 Å². The Morgan fingerprint density at radius 1 is 0.800 bits per heavy atom. The number of hydrazone groups is 1. The number of halogens is 4. The lowest BCUT2D eigenvalue weighted by Gasteiger charge is -2.10. The molecule has 1 aliphatic heterocycles. The maximum atomic E-state index is 13.9. The molecule has 0 N–H and O–H groups in total. The minimum absolute atomic E-state index is 0.210. The number of para-hydroxylation sites is 2. The van der Waals surface area contributed by atoms with E-state index in [1.807, 2.05) is 6.07 Å². The molecule has 2 heterocycles. The highest BCUT2D eigenvalue weighted by Gasteiger charge is 2.47. The third-order valence-electron chi connectivity index (χ3n) is 5.33. The molecular formula is C26H16F4N4O. The molecule has 1 aromatic heterocycles. The zero-order valence-electron chi connectivity index (χ0n) is 17.9. The number of nitrogens with zero attached hydrogens (tertiary/aromatic N) is 4. The summed E-state index contributed by atoms with van der Waals surface area (Å²) < 4.78 is 56.7. The lowest BCUT2D eigenvalue weighted by Crippen LogP contribution is -2.25. The van der Waals surface area contributed by atoms with Gasteiger partial charge in [-0.05, 0) is 54.6 Å². The zero-order valence-corrected chi connectivity index (χ0v) is 17.9. The Morgan fingerprint density at radius 2 is 1.40 bits per heavy atom. The molecule has 0 atom stereocenters. The predicted molar refractivity (Wildman–Crippen MR) is 124 cm³/mol. The summed E-state index contributed by atoms with van der Waals surface area (Å²) in [5, 5.41) is 8.84.